The van der Waals surface area contributed by atoms with E-state index in [1.165, 1.54) is 24.5 Å². The van der Waals surface area contributed by atoms with Crippen molar-refractivity contribution in [3.05, 3.63) is 72.2 Å². The maximum Gasteiger partial charge on any atom is 0.434 e. The van der Waals surface area contributed by atoms with Crippen molar-refractivity contribution in [2.45, 2.75) is 50.5 Å². The summed E-state index contributed by atoms with van der Waals surface area (Å²) in [6.07, 6.45) is 2.21. The molecule has 4 heterocycles. The highest BCUT2D eigenvalue weighted by Crippen LogP contribution is 2.38. The lowest BCUT2D eigenvalue weighted by atomic mass is 9.90. The molecular weight excluding hydrogens is 525 g/mol. The fourth-order valence-corrected chi connectivity index (χ4v) is 5.56. The standard InChI is InChI=1S/C27H25F3N8O2/c1-2-23(39)33-18-7-6-15-14-37(25(40)21(15)11-18)19-5-3-4-17(10-19)34-26-35-22-9-8-20(16-12-31-32-13-16)24(27(28,29)30)38(22)36-26/h2,6-9,11-13,17,19H,1,3-5,10,14H2,(H,31,32)(H,33,39)(H,34,36)/t17-,19+/m1/s1. The van der Waals surface area contributed by atoms with Crippen LogP contribution in [0.15, 0.2) is 55.4 Å². The number of nitrogens with zero attached hydrogens (tertiary/aromatic N) is 5. The molecule has 0 spiro atoms. The number of aromatic nitrogens is 5. The Bertz CT molecular complexity index is 1610. The van der Waals surface area contributed by atoms with Crippen LogP contribution in [0.4, 0.5) is 24.8 Å². The molecule has 13 heteroatoms. The summed E-state index contributed by atoms with van der Waals surface area (Å²) in [7, 11) is 0. The molecule has 1 aliphatic heterocycles. The highest BCUT2D eigenvalue weighted by atomic mass is 19.4. The van der Waals surface area contributed by atoms with Crippen LogP contribution in [-0.2, 0) is 17.5 Å². The minimum atomic E-state index is -4.67. The molecule has 0 saturated heterocycles. The second-order valence-electron chi connectivity index (χ2n) is 9.95. The minimum absolute atomic E-state index is 0.0535. The van der Waals surface area contributed by atoms with Gasteiger partial charge in [0.05, 0.1) is 6.20 Å². The van der Waals surface area contributed by atoms with Gasteiger partial charge < -0.3 is 15.5 Å². The van der Waals surface area contributed by atoms with Gasteiger partial charge in [-0.2, -0.15) is 23.3 Å². The molecule has 206 valence electrons. The van der Waals surface area contributed by atoms with Gasteiger partial charge in [-0.05, 0) is 61.6 Å². The second kappa shape index (κ2) is 9.81. The van der Waals surface area contributed by atoms with Crippen LogP contribution in [0.5, 0.6) is 0 Å². The molecule has 3 aromatic heterocycles. The number of nitrogens with one attached hydrogen (secondary N) is 3. The number of benzene rings is 1. The van der Waals surface area contributed by atoms with E-state index in [0.29, 0.717) is 29.8 Å². The number of fused-ring (bicyclic) bond motifs is 2. The van der Waals surface area contributed by atoms with E-state index in [4.69, 9.17) is 0 Å². The fourth-order valence-electron chi connectivity index (χ4n) is 5.56. The number of alkyl halides is 3. The predicted molar refractivity (Wildman–Crippen MR) is 140 cm³/mol. The molecule has 4 aromatic rings. The molecule has 0 unspecified atom stereocenters. The molecule has 2 amide bonds. The number of hydrogen-bond acceptors (Lipinski definition) is 6. The summed E-state index contributed by atoms with van der Waals surface area (Å²) in [5.74, 6) is -0.369. The zero-order valence-corrected chi connectivity index (χ0v) is 21.2. The Morgan fingerprint density at radius 3 is 2.77 bits per heavy atom. The van der Waals surface area contributed by atoms with Crippen molar-refractivity contribution in [2.75, 3.05) is 10.6 Å². The van der Waals surface area contributed by atoms with Crippen LogP contribution in [0.1, 0.15) is 47.3 Å². The van der Waals surface area contributed by atoms with Crippen molar-refractivity contribution >= 4 is 29.1 Å². The van der Waals surface area contributed by atoms with Crippen LogP contribution in [-0.4, -0.2) is 53.6 Å². The quantitative estimate of drug-likeness (QED) is 0.301. The zero-order chi connectivity index (χ0) is 28.0. The van der Waals surface area contributed by atoms with Crippen molar-refractivity contribution in [1.29, 1.82) is 0 Å². The molecule has 0 radical (unpaired) electrons. The van der Waals surface area contributed by atoms with E-state index in [0.717, 1.165) is 35.4 Å². The molecule has 1 aliphatic carbocycles. The normalized spacial score (nSPS) is 19.1. The van der Waals surface area contributed by atoms with E-state index in [2.05, 4.69) is 37.5 Å². The van der Waals surface area contributed by atoms with Gasteiger partial charge in [-0.15, -0.1) is 5.10 Å². The van der Waals surface area contributed by atoms with Gasteiger partial charge in [0.15, 0.2) is 11.3 Å². The number of aromatic amines is 1. The highest BCUT2D eigenvalue weighted by Gasteiger charge is 2.39. The molecular formula is C27H25F3N8O2. The Balaban J connectivity index is 1.20. The van der Waals surface area contributed by atoms with Crippen molar-refractivity contribution < 1.29 is 22.8 Å². The highest BCUT2D eigenvalue weighted by molar-refractivity contribution is 6.02. The summed E-state index contributed by atoms with van der Waals surface area (Å²) in [4.78, 5) is 31.1. The first-order valence-corrected chi connectivity index (χ1v) is 12.8. The Kier molecular flexibility index (Phi) is 6.28. The molecule has 1 fully saturated rings. The first-order valence-electron chi connectivity index (χ1n) is 12.8. The van der Waals surface area contributed by atoms with E-state index < -0.39 is 11.9 Å². The lowest BCUT2D eigenvalue weighted by Gasteiger charge is -2.35. The number of rotatable bonds is 6. The third-order valence-electron chi connectivity index (χ3n) is 7.39. The third-order valence-corrected chi connectivity index (χ3v) is 7.39. The predicted octanol–water partition coefficient (Wildman–Crippen LogP) is 4.64. The number of H-pyrrole nitrogens is 1. The van der Waals surface area contributed by atoms with Gasteiger partial charge in [-0.3, -0.25) is 14.7 Å². The fraction of sp³-hybridized carbons (Fsp3) is 0.296. The SMILES string of the molecule is C=CC(=O)Nc1ccc2c(c1)C(=O)N([C@H]1CCC[C@@H](Nc3nc4ccc(-c5cn[nH]c5)c(C(F)(F)F)n4n3)C1)C2. The Morgan fingerprint density at radius 1 is 1.18 bits per heavy atom. The Hall–Kier alpha value is -4.68. The van der Waals surface area contributed by atoms with Gasteiger partial charge in [0.2, 0.25) is 11.9 Å². The number of hydrogen-bond donors (Lipinski definition) is 3. The van der Waals surface area contributed by atoms with Crippen molar-refractivity contribution in [3.8, 4) is 11.1 Å². The first kappa shape index (κ1) is 25.6. The van der Waals surface area contributed by atoms with Crippen molar-refractivity contribution in [3.63, 3.8) is 0 Å². The van der Waals surface area contributed by atoms with Gasteiger partial charge >= 0.3 is 6.18 Å². The van der Waals surface area contributed by atoms with E-state index in [1.54, 1.807) is 12.1 Å². The summed E-state index contributed by atoms with van der Waals surface area (Å²) in [6, 6.07) is 7.93. The molecule has 3 N–H and O–H groups in total. The van der Waals surface area contributed by atoms with Crippen molar-refractivity contribution in [1.82, 2.24) is 29.7 Å². The Labute approximate surface area is 226 Å². The van der Waals surface area contributed by atoms with Crippen LogP contribution in [0, 0.1) is 0 Å². The summed E-state index contributed by atoms with van der Waals surface area (Å²) in [6.45, 7) is 3.90. The van der Waals surface area contributed by atoms with Crippen LogP contribution < -0.4 is 10.6 Å². The van der Waals surface area contributed by atoms with E-state index in [1.807, 2.05) is 11.0 Å². The van der Waals surface area contributed by atoms with Crippen molar-refractivity contribution in [2.24, 2.45) is 0 Å². The average Bonchev–Trinajstić information content (AvgIpc) is 3.67. The summed E-state index contributed by atoms with van der Waals surface area (Å²) < 4.78 is 43.2. The molecule has 2 atom stereocenters. The summed E-state index contributed by atoms with van der Waals surface area (Å²) in [5.41, 5.74) is 1.33. The van der Waals surface area contributed by atoms with Gasteiger partial charge in [0.1, 0.15) is 0 Å². The van der Waals surface area contributed by atoms with E-state index in [-0.39, 0.29) is 41.1 Å². The topological polar surface area (TPSA) is 120 Å². The number of pyridine rings is 1. The molecule has 40 heavy (non-hydrogen) atoms. The average molecular weight is 551 g/mol. The molecule has 1 aromatic carbocycles. The molecule has 0 bridgehead atoms. The van der Waals surface area contributed by atoms with Gasteiger partial charge in [-0.1, -0.05) is 12.6 Å². The molecule has 1 saturated carbocycles. The first-order chi connectivity index (χ1) is 19.2. The lowest BCUT2D eigenvalue weighted by Crippen LogP contribution is -2.42. The molecule has 6 rings (SSSR count). The van der Waals surface area contributed by atoms with Gasteiger partial charge in [0.25, 0.3) is 5.91 Å². The van der Waals surface area contributed by atoms with Crippen LogP contribution in [0.2, 0.25) is 0 Å². The maximum atomic E-state index is 14.1. The molecule has 10 nitrogen and oxygen atoms in total. The third kappa shape index (κ3) is 4.67. The summed E-state index contributed by atoms with van der Waals surface area (Å²) in [5, 5.41) is 16.4. The maximum absolute atomic E-state index is 14.1. The van der Waals surface area contributed by atoms with E-state index >= 15 is 0 Å². The van der Waals surface area contributed by atoms with Gasteiger partial charge in [-0.25, -0.2) is 4.52 Å². The monoisotopic (exact) mass is 550 g/mol. The Morgan fingerprint density at radius 2 is 2.02 bits per heavy atom. The van der Waals surface area contributed by atoms with Crippen LogP contribution in [0.25, 0.3) is 16.8 Å². The smallest absolute Gasteiger partial charge is 0.350 e. The summed E-state index contributed by atoms with van der Waals surface area (Å²) >= 11 is 0. The van der Waals surface area contributed by atoms with Gasteiger partial charge in [0, 0.05) is 47.2 Å². The number of carbonyl (C=O) groups is 2. The molecule has 2 aliphatic rings. The minimum Gasteiger partial charge on any atom is -0.350 e. The number of anilines is 2. The number of carbonyl (C=O) groups excluding carboxylic acids is 2. The second-order valence-corrected chi connectivity index (χ2v) is 9.95. The van der Waals surface area contributed by atoms with E-state index in [9.17, 15) is 22.8 Å². The largest absolute Gasteiger partial charge is 0.434 e. The van der Waals surface area contributed by atoms with Crippen LogP contribution >= 0.6 is 0 Å². The zero-order valence-electron chi connectivity index (χ0n) is 21.2. The number of amides is 2. The van der Waals surface area contributed by atoms with Crippen LogP contribution in [0.3, 0.4) is 0 Å². The number of halogens is 3. The lowest BCUT2D eigenvalue weighted by molar-refractivity contribution is -0.142.